The molecule has 0 bridgehead atoms. The monoisotopic (exact) mass is 336 g/mol. The van der Waals surface area contributed by atoms with Crippen molar-refractivity contribution in [2.24, 2.45) is 0 Å². The van der Waals surface area contributed by atoms with E-state index in [9.17, 15) is 9.59 Å². The van der Waals surface area contributed by atoms with Gasteiger partial charge < -0.3 is 24.8 Å². The lowest BCUT2D eigenvalue weighted by molar-refractivity contribution is -0.136. The van der Waals surface area contributed by atoms with Gasteiger partial charge in [0.1, 0.15) is 12.7 Å². The molecule has 0 aliphatic carbocycles. The molecule has 1 aliphatic heterocycles. The largest absolute Gasteiger partial charge is 0.445 e. The summed E-state index contributed by atoms with van der Waals surface area (Å²) in [7, 11) is 1.58. The van der Waals surface area contributed by atoms with Gasteiger partial charge in [-0.15, -0.1) is 0 Å². The molecule has 2 atom stereocenters. The van der Waals surface area contributed by atoms with Crippen LogP contribution in [0.2, 0.25) is 0 Å². The van der Waals surface area contributed by atoms with E-state index in [1.54, 1.807) is 7.11 Å². The van der Waals surface area contributed by atoms with Gasteiger partial charge in [0, 0.05) is 13.7 Å². The van der Waals surface area contributed by atoms with E-state index in [1.807, 2.05) is 30.3 Å². The van der Waals surface area contributed by atoms with Crippen molar-refractivity contribution < 1.29 is 23.8 Å². The molecular formula is C17H24N2O5. The van der Waals surface area contributed by atoms with Crippen LogP contribution in [0.5, 0.6) is 0 Å². The maximum Gasteiger partial charge on any atom is 0.407 e. The maximum atomic E-state index is 11.9. The first-order valence-corrected chi connectivity index (χ1v) is 8.04. The summed E-state index contributed by atoms with van der Waals surface area (Å²) in [6, 6.07) is 9.34. The van der Waals surface area contributed by atoms with Gasteiger partial charge in [-0.05, 0) is 18.4 Å². The highest BCUT2D eigenvalue weighted by Crippen LogP contribution is 2.14. The smallest absolute Gasteiger partial charge is 0.407 e. The number of carbonyl (C=O) groups excluding carboxylic acids is 2. The predicted molar refractivity (Wildman–Crippen MR) is 87.4 cm³/mol. The van der Waals surface area contributed by atoms with E-state index < -0.39 is 12.2 Å². The summed E-state index contributed by atoms with van der Waals surface area (Å²) >= 11 is 0. The summed E-state index contributed by atoms with van der Waals surface area (Å²) in [4.78, 5) is 23.6. The molecule has 7 nitrogen and oxygen atoms in total. The van der Waals surface area contributed by atoms with Gasteiger partial charge in [0.2, 0.25) is 5.91 Å². The standard InChI is InChI=1S/C17H24N2O5/c1-22-10-9-18-16(20)15-8-7-14(12-23-15)19-17(21)24-11-13-5-3-2-4-6-13/h2-6,14-15H,7-12H2,1H3,(H,18,20)(H,19,21)/t14-,15+/m1/s1. The van der Waals surface area contributed by atoms with E-state index in [2.05, 4.69) is 10.6 Å². The van der Waals surface area contributed by atoms with E-state index in [1.165, 1.54) is 0 Å². The lowest BCUT2D eigenvalue weighted by Gasteiger charge is -2.28. The second-order valence-corrected chi connectivity index (χ2v) is 5.59. The second-order valence-electron chi connectivity index (χ2n) is 5.59. The average Bonchev–Trinajstić information content (AvgIpc) is 2.61. The van der Waals surface area contributed by atoms with Crippen molar-refractivity contribution in [2.75, 3.05) is 26.9 Å². The molecule has 1 aliphatic rings. The normalized spacial score (nSPS) is 20.2. The minimum atomic E-state index is -0.476. The third-order valence-electron chi connectivity index (χ3n) is 3.71. The van der Waals surface area contributed by atoms with Crippen LogP contribution in [-0.2, 0) is 25.6 Å². The van der Waals surface area contributed by atoms with E-state index in [-0.39, 0.29) is 18.6 Å². The Morgan fingerprint density at radius 2 is 2.04 bits per heavy atom. The van der Waals surface area contributed by atoms with Crippen LogP contribution in [0, 0.1) is 0 Å². The number of ether oxygens (including phenoxy) is 3. The van der Waals surface area contributed by atoms with Crippen LogP contribution in [0.4, 0.5) is 4.79 Å². The van der Waals surface area contributed by atoms with Crippen molar-refractivity contribution in [3.63, 3.8) is 0 Å². The first-order chi connectivity index (χ1) is 11.7. The highest BCUT2D eigenvalue weighted by molar-refractivity contribution is 5.80. The van der Waals surface area contributed by atoms with Crippen LogP contribution >= 0.6 is 0 Å². The average molecular weight is 336 g/mol. The summed E-state index contributed by atoms with van der Waals surface area (Å²) in [5.74, 6) is -0.142. The number of carbonyl (C=O) groups is 2. The SMILES string of the molecule is COCCNC(=O)[C@@H]1CC[C@@H](NC(=O)OCc2ccccc2)CO1. The molecule has 1 heterocycles. The van der Waals surface area contributed by atoms with Crippen LogP contribution < -0.4 is 10.6 Å². The van der Waals surface area contributed by atoms with Crippen molar-refractivity contribution in [1.29, 1.82) is 0 Å². The summed E-state index contributed by atoms with van der Waals surface area (Å²) in [5, 5.41) is 5.51. The van der Waals surface area contributed by atoms with Crippen LogP contribution in [0.3, 0.4) is 0 Å². The Hall–Kier alpha value is -2.12. The van der Waals surface area contributed by atoms with Crippen LogP contribution in [-0.4, -0.2) is 51.0 Å². The van der Waals surface area contributed by atoms with Gasteiger partial charge >= 0.3 is 6.09 Å². The van der Waals surface area contributed by atoms with Crippen molar-refractivity contribution >= 4 is 12.0 Å². The molecule has 0 spiro atoms. The fourth-order valence-electron chi connectivity index (χ4n) is 2.39. The molecule has 0 unspecified atom stereocenters. The molecular weight excluding hydrogens is 312 g/mol. The zero-order valence-electron chi connectivity index (χ0n) is 13.8. The van der Waals surface area contributed by atoms with Crippen LogP contribution in [0.1, 0.15) is 18.4 Å². The Balaban J connectivity index is 1.63. The minimum Gasteiger partial charge on any atom is -0.445 e. The summed E-state index contributed by atoms with van der Waals surface area (Å²) in [6.45, 7) is 1.45. The van der Waals surface area contributed by atoms with Crippen molar-refractivity contribution in [3.05, 3.63) is 35.9 Å². The molecule has 132 valence electrons. The highest BCUT2D eigenvalue weighted by Gasteiger charge is 2.27. The number of amides is 2. The summed E-state index contributed by atoms with van der Waals surface area (Å²) in [5.41, 5.74) is 0.931. The number of hydrogen-bond donors (Lipinski definition) is 2. The lowest BCUT2D eigenvalue weighted by Crippen LogP contribution is -2.47. The quantitative estimate of drug-likeness (QED) is 0.731. The minimum absolute atomic E-state index is 0.142. The number of benzene rings is 1. The highest BCUT2D eigenvalue weighted by atomic mass is 16.5. The number of nitrogens with one attached hydrogen (secondary N) is 2. The Bertz CT molecular complexity index is 515. The summed E-state index contributed by atoms with van der Waals surface area (Å²) in [6.07, 6.45) is 0.279. The number of alkyl carbamates (subject to hydrolysis) is 1. The van der Waals surface area contributed by atoms with Gasteiger partial charge in [0.15, 0.2) is 0 Å². The van der Waals surface area contributed by atoms with Gasteiger partial charge in [-0.3, -0.25) is 4.79 Å². The molecule has 2 rings (SSSR count). The Morgan fingerprint density at radius 3 is 2.71 bits per heavy atom. The molecule has 2 N–H and O–H groups in total. The Labute approximate surface area is 141 Å². The second kappa shape index (κ2) is 9.89. The van der Waals surface area contributed by atoms with E-state index in [0.717, 1.165) is 5.56 Å². The summed E-state index contributed by atoms with van der Waals surface area (Å²) < 4.78 is 15.6. The molecule has 1 saturated heterocycles. The zero-order chi connectivity index (χ0) is 17.2. The van der Waals surface area contributed by atoms with Crippen molar-refractivity contribution in [1.82, 2.24) is 10.6 Å². The zero-order valence-corrected chi connectivity index (χ0v) is 13.8. The molecule has 1 fully saturated rings. The molecule has 7 heteroatoms. The predicted octanol–water partition coefficient (Wildman–Crippen LogP) is 1.22. The van der Waals surface area contributed by atoms with Gasteiger partial charge in [-0.25, -0.2) is 4.79 Å². The van der Waals surface area contributed by atoms with Crippen LogP contribution in [0.15, 0.2) is 30.3 Å². The molecule has 1 aromatic carbocycles. The lowest BCUT2D eigenvalue weighted by atomic mass is 10.0. The van der Waals surface area contributed by atoms with Crippen molar-refractivity contribution in [2.45, 2.75) is 31.6 Å². The molecule has 0 aromatic heterocycles. The van der Waals surface area contributed by atoms with Gasteiger partial charge in [0.25, 0.3) is 0 Å². The van der Waals surface area contributed by atoms with Crippen molar-refractivity contribution in [3.8, 4) is 0 Å². The number of methoxy groups -OCH3 is 1. The fraction of sp³-hybridized carbons (Fsp3) is 0.529. The number of rotatable bonds is 7. The molecule has 1 aromatic rings. The van der Waals surface area contributed by atoms with E-state index in [4.69, 9.17) is 14.2 Å². The third kappa shape index (κ3) is 6.17. The Morgan fingerprint density at radius 1 is 1.25 bits per heavy atom. The molecule has 24 heavy (non-hydrogen) atoms. The number of hydrogen-bond acceptors (Lipinski definition) is 5. The maximum absolute atomic E-state index is 11.9. The third-order valence-corrected chi connectivity index (χ3v) is 3.71. The molecule has 0 radical (unpaired) electrons. The molecule has 2 amide bonds. The Kier molecular flexibility index (Phi) is 7.51. The first kappa shape index (κ1) is 18.2. The molecule has 0 saturated carbocycles. The topological polar surface area (TPSA) is 85.9 Å². The van der Waals surface area contributed by atoms with E-state index >= 15 is 0 Å². The fourth-order valence-corrected chi connectivity index (χ4v) is 2.39. The van der Waals surface area contributed by atoms with Crippen LogP contribution in [0.25, 0.3) is 0 Å². The van der Waals surface area contributed by atoms with Gasteiger partial charge in [-0.1, -0.05) is 30.3 Å². The van der Waals surface area contributed by atoms with Gasteiger partial charge in [0.05, 0.1) is 19.3 Å². The van der Waals surface area contributed by atoms with E-state index in [0.29, 0.717) is 32.6 Å². The first-order valence-electron chi connectivity index (χ1n) is 8.04. The van der Waals surface area contributed by atoms with Gasteiger partial charge in [-0.2, -0.15) is 0 Å².